The number of aryl methyl sites for hydroxylation is 1. The predicted octanol–water partition coefficient (Wildman–Crippen LogP) is 4.07. The predicted molar refractivity (Wildman–Crippen MR) is 110 cm³/mol. The molecule has 0 aliphatic carbocycles. The van der Waals surface area contributed by atoms with Gasteiger partial charge in [-0.25, -0.2) is 18.9 Å². The van der Waals surface area contributed by atoms with Crippen LogP contribution in [0.5, 0.6) is 0 Å². The third-order valence-electron chi connectivity index (χ3n) is 5.36. The van der Waals surface area contributed by atoms with Crippen LogP contribution in [0.1, 0.15) is 35.0 Å². The molecule has 1 aromatic carbocycles. The highest BCUT2D eigenvalue weighted by molar-refractivity contribution is 7.15. The largest absolute Gasteiger partial charge is 0.298 e. The molecule has 3 aromatic heterocycles. The van der Waals surface area contributed by atoms with Crippen molar-refractivity contribution in [2.75, 3.05) is 13.1 Å². The van der Waals surface area contributed by atoms with Gasteiger partial charge in [-0.3, -0.25) is 4.90 Å². The Labute approximate surface area is 172 Å². The number of hydrogen-bond acceptors (Lipinski definition) is 6. The zero-order chi connectivity index (χ0) is 19.8. The van der Waals surface area contributed by atoms with Gasteiger partial charge in [-0.05, 0) is 56.6 Å². The third-order valence-corrected chi connectivity index (χ3v) is 6.39. The van der Waals surface area contributed by atoms with Gasteiger partial charge < -0.3 is 0 Å². The number of benzene rings is 1. The molecule has 0 bridgehead atoms. The number of fused-ring (bicyclic) bond motifs is 1. The minimum atomic E-state index is -0.224. The number of rotatable bonds is 4. The van der Waals surface area contributed by atoms with E-state index >= 15 is 0 Å². The number of thiazole rings is 1. The van der Waals surface area contributed by atoms with Crippen molar-refractivity contribution in [3.8, 4) is 10.6 Å². The highest BCUT2D eigenvalue weighted by Crippen LogP contribution is 2.30. The smallest absolute Gasteiger partial charge is 0.252 e. The Morgan fingerprint density at radius 3 is 2.93 bits per heavy atom. The highest BCUT2D eigenvalue weighted by Gasteiger charge is 2.25. The van der Waals surface area contributed by atoms with Crippen LogP contribution in [-0.4, -0.2) is 42.6 Å². The van der Waals surface area contributed by atoms with Crippen molar-refractivity contribution in [1.29, 1.82) is 0 Å². The number of halogens is 1. The van der Waals surface area contributed by atoms with Crippen LogP contribution in [-0.2, 0) is 6.54 Å². The van der Waals surface area contributed by atoms with Crippen molar-refractivity contribution < 1.29 is 4.39 Å². The van der Waals surface area contributed by atoms with Gasteiger partial charge in [0.15, 0.2) is 0 Å². The summed E-state index contributed by atoms with van der Waals surface area (Å²) in [5.74, 6) is 0.848. The molecule has 6 nitrogen and oxygen atoms in total. The summed E-state index contributed by atoms with van der Waals surface area (Å²) < 4.78 is 15.0. The van der Waals surface area contributed by atoms with Gasteiger partial charge in [0, 0.05) is 41.3 Å². The second-order valence-electron chi connectivity index (χ2n) is 7.51. The summed E-state index contributed by atoms with van der Waals surface area (Å²) in [5.41, 5.74) is 3.12. The summed E-state index contributed by atoms with van der Waals surface area (Å²) in [7, 11) is 0. The first kappa shape index (κ1) is 18.3. The summed E-state index contributed by atoms with van der Waals surface area (Å²) in [4.78, 5) is 17.0. The molecule has 0 N–H and O–H groups in total. The van der Waals surface area contributed by atoms with Crippen molar-refractivity contribution in [3.63, 3.8) is 0 Å². The molecule has 0 saturated carbocycles. The number of nitrogens with zero attached hydrogens (tertiary/aromatic N) is 6. The maximum absolute atomic E-state index is 13.2. The number of hydrogen-bond donors (Lipinski definition) is 0. The zero-order valence-corrected chi connectivity index (χ0v) is 16.9. The molecule has 0 amide bonds. The Morgan fingerprint density at radius 2 is 2.07 bits per heavy atom. The summed E-state index contributed by atoms with van der Waals surface area (Å²) in [6, 6.07) is 8.66. The number of likely N-dealkylation sites (tertiary alicyclic amines) is 1. The second kappa shape index (κ2) is 7.61. The van der Waals surface area contributed by atoms with E-state index in [4.69, 9.17) is 0 Å². The molecule has 1 atom stereocenters. The Kier molecular flexibility index (Phi) is 4.81. The van der Waals surface area contributed by atoms with Crippen LogP contribution in [0.2, 0.25) is 0 Å². The average Bonchev–Trinajstić information content (AvgIpc) is 3.37. The lowest BCUT2D eigenvalue weighted by molar-refractivity contribution is 0.199. The lowest BCUT2D eigenvalue weighted by Crippen LogP contribution is -2.34. The summed E-state index contributed by atoms with van der Waals surface area (Å²) in [6.07, 6.45) is 5.80. The second-order valence-corrected chi connectivity index (χ2v) is 8.62. The van der Waals surface area contributed by atoms with E-state index in [0.29, 0.717) is 11.7 Å². The Morgan fingerprint density at radius 1 is 1.21 bits per heavy atom. The van der Waals surface area contributed by atoms with Crippen molar-refractivity contribution in [2.45, 2.75) is 32.2 Å². The molecule has 0 radical (unpaired) electrons. The fourth-order valence-electron chi connectivity index (χ4n) is 4.02. The van der Waals surface area contributed by atoms with Gasteiger partial charge >= 0.3 is 0 Å². The van der Waals surface area contributed by atoms with Gasteiger partial charge in [0.1, 0.15) is 17.2 Å². The first-order valence-corrected chi connectivity index (χ1v) is 10.6. The van der Waals surface area contributed by atoms with E-state index in [0.717, 1.165) is 48.7 Å². The topological polar surface area (TPSA) is 59.2 Å². The standard InChI is InChI=1S/C21H21FN6S/c1-14-9-19(28-21(26-14)24-13-25-28)16-3-2-8-27(11-16)12-18-10-23-20(29-18)15-4-6-17(22)7-5-15/h4-7,9-10,13,16H,2-3,8,11-12H2,1H3. The Hall–Kier alpha value is -2.71. The molecule has 4 heterocycles. The van der Waals surface area contributed by atoms with Crippen molar-refractivity contribution >= 4 is 17.1 Å². The summed E-state index contributed by atoms with van der Waals surface area (Å²) in [6.45, 7) is 4.93. The van der Waals surface area contributed by atoms with Crippen LogP contribution >= 0.6 is 11.3 Å². The van der Waals surface area contributed by atoms with E-state index in [2.05, 4.69) is 31.0 Å². The zero-order valence-electron chi connectivity index (χ0n) is 16.1. The lowest BCUT2D eigenvalue weighted by Gasteiger charge is -2.32. The van der Waals surface area contributed by atoms with E-state index in [1.807, 2.05) is 17.6 Å². The van der Waals surface area contributed by atoms with Gasteiger partial charge in [0.25, 0.3) is 5.78 Å². The maximum atomic E-state index is 13.2. The molecule has 148 valence electrons. The minimum Gasteiger partial charge on any atom is -0.298 e. The van der Waals surface area contributed by atoms with E-state index in [1.165, 1.54) is 22.7 Å². The van der Waals surface area contributed by atoms with Crippen LogP contribution in [0.25, 0.3) is 16.3 Å². The molecule has 29 heavy (non-hydrogen) atoms. The van der Waals surface area contributed by atoms with Crippen LogP contribution in [0.15, 0.2) is 42.9 Å². The molecule has 5 rings (SSSR count). The van der Waals surface area contributed by atoms with Crippen molar-refractivity contribution in [3.05, 3.63) is 64.9 Å². The van der Waals surface area contributed by atoms with Gasteiger partial charge in [-0.2, -0.15) is 10.1 Å². The molecular formula is C21H21FN6S. The van der Waals surface area contributed by atoms with Crippen molar-refractivity contribution in [1.82, 2.24) is 29.5 Å². The molecule has 4 aromatic rings. The van der Waals surface area contributed by atoms with Gasteiger partial charge in [0.05, 0.1) is 5.69 Å². The molecule has 1 unspecified atom stereocenters. The van der Waals surface area contributed by atoms with Crippen LogP contribution in [0.3, 0.4) is 0 Å². The van der Waals surface area contributed by atoms with E-state index in [-0.39, 0.29) is 5.82 Å². The van der Waals surface area contributed by atoms with E-state index in [1.54, 1.807) is 29.8 Å². The summed E-state index contributed by atoms with van der Waals surface area (Å²) >= 11 is 1.68. The Bertz CT molecular complexity index is 1140. The maximum Gasteiger partial charge on any atom is 0.252 e. The van der Waals surface area contributed by atoms with Gasteiger partial charge in [0.2, 0.25) is 0 Å². The minimum absolute atomic E-state index is 0.224. The van der Waals surface area contributed by atoms with Gasteiger partial charge in [-0.15, -0.1) is 11.3 Å². The van der Waals surface area contributed by atoms with E-state index < -0.39 is 0 Å². The average molecular weight is 409 g/mol. The molecule has 1 aliphatic heterocycles. The first-order valence-electron chi connectivity index (χ1n) is 9.76. The molecular weight excluding hydrogens is 387 g/mol. The molecule has 1 fully saturated rings. The van der Waals surface area contributed by atoms with Crippen LogP contribution < -0.4 is 0 Å². The normalized spacial score (nSPS) is 17.8. The highest BCUT2D eigenvalue weighted by atomic mass is 32.1. The first-order chi connectivity index (χ1) is 14.2. The third kappa shape index (κ3) is 3.77. The molecule has 0 spiro atoms. The number of piperidine rings is 1. The molecule has 1 aliphatic rings. The fourth-order valence-corrected chi connectivity index (χ4v) is 4.98. The summed E-state index contributed by atoms with van der Waals surface area (Å²) in [5, 5.41) is 5.31. The van der Waals surface area contributed by atoms with E-state index in [9.17, 15) is 4.39 Å². The fraction of sp³-hybridized carbons (Fsp3) is 0.333. The van der Waals surface area contributed by atoms with Crippen LogP contribution in [0.4, 0.5) is 4.39 Å². The molecule has 8 heteroatoms. The van der Waals surface area contributed by atoms with Crippen LogP contribution in [0, 0.1) is 12.7 Å². The quantitative estimate of drug-likeness (QED) is 0.509. The number of aromatic nitrogens is 5. The SMILES string of the molecule is Cc1cc(C2CCCN(Cc3cnc(-c4ccc(F)cc4)s3)C2)n2ncnc2n1. The lowest BCUT2D eigenvalue weighted by atomic mass is 9.94. The monoisotopic (exact) mass is 408 g/mol. The van der Waals surface area contributed by atoms with Crippen molar-refractivity contribution in [2.24, 2.45) is 0 Å². The Balaban J connectivity index is 1.33. The van der Waals surface area contributed by atoms with Gasteiger partial charge in [-0.1, -0.05) is 0 Å². The molecule has 1 saturated heterocycles.